The number of fused-ring (bicyclic) bond motifs is 1. The SMILES string of the molecule is CS(=O)(=O)N1C[C@@H](C(=O)Nc2ccccc2F)Oc2ccccc21. The lowest BCUT2D eigenvalue weighted by Gasteiger charge is -2.33. The highest BCUT2D eigenvalue weighted by Crippen LogP contribution is 2.34. The maximum absolute atomic E-state index is 13.7. The average molecular weight is 350 g/mol. The monoisotopic (exact) mass is 350 g/mol. The smallest absolute Gasteiger partial charge is 0.267 e. The Hall–Kier alpha value is -2.61. The number of anilines is 2. The van der Waals surface area contributed by atoms with Gasteiger partial charge in [-0.15, -0.1) is 0 Å². The van der Waals surface area contributed by atoms with E-state index in [1.54, 1.807) is 30.3 Å². The second-order valence-electron chi connectivity index (χ2n) is 5.34. The molecule has 0 aromatic heterocycles. The van der Waals surface area contributed by atoms with E-state index in [1.165, 1.54) is 18.2 Å². The van der Waals surface area contributed by atoms with Gasteiger partial charge in [-0.3, -0.25) is 9.10 Å². The first-order valence-electron chi connectivity index (χ1n) is 7.15. The van der Waals surface area contributed by atoms with Crippen LogP contribution in [0.25, 0.3) is 0 Å². The molecule has 0 spiro atoms. The summed E-state index contributed by atoms with van der Waals surface area (Å²) >= 11 is 0. The van der Waals surface area contributed by atoms with Crippen LogP contribution < -0.4 is 14.4 Å². The van der Waals surface area contributed by atoms with Crippen LogP contribution in [0.2, 0.25) is 0 Å². The Morgan fingerprint density at radius 3 is 2.58 bits per heavy atom. The van der Waals surface area contributed by atoms with Gasteiger partial charge in [0.2, 0.25) is 10.0 Å². The molecule has 0 bridgehead atoms. The molecule has 24 heavy (non-hydrogen) atoms. The first kappa shape index (κ1) is 16.3. The van der Waals surface area contributed by atoms with Crippen molar-refractivity contribution in [2.75, 3.05) is 22.4 Å². The molecule has 0 radical (unpaired) electrons. The molecule has 0 saturated carbocycles. The third-order valence-corrected chi connectivity index (χ3v) is 4.71. The van der Waals surface area contributed by atoms with E-state index in [9.17, 15) is 17.6 Å². The number of nitrogens with zero attached hydrogens (tertiary/aromatic N) is 1. The van der Waals surface area contributed by atoms with Crippen LogP contribution in [0.5, 0.6) is 5.75 Å². The molecule has 1 aliphatic heterocycles. The van der Waals surface area contributed by atoms with Gasteiger partial charge in [0.15, 0.2) is 6.10 Å². The van der Waals surface area contributed by atoms with E-state index in [2.05, 4.69) is 5.32 Å². The van der Waals surface area contributed by atoms with Gasteiger partial charge in [0.1, 0.15) is 11.6 Å². The molecule has 126 valence electrons. The Labute approximate surface area is 138 Å². The van der Waals surface area contributed by atoms with Crippen LogP contribution in [0.4, 0.5) is 15.8 Å². The van der Waals surface area contributed by atoms with E-state index in [-0.39, 0.29) is 18.0 Å². The highest BCUT2D eigenvalue weighted by Gasteiger charge is 2.35. The molecule has 0 unspecified atom stereocenters. The number of halogens is 1. The molecule has 1 atom stereocenters. The largest absolute Gasteiger partial charge is 0.476 e. The van der Waals surface area contributed by atoms with Gasteiger partial charge in [0.05, 0.1) is 24.2 Å². The Balaban J connectivity index is 1.88. The summed E-state index contributed by atoms with van der Waals surface area (Å²) < 4.78 is 44.4. The van der Waals surface area contributed by atoms with Crippen molar-refractivity contribution in [2.45, 2.75) is 6.10 Å². The molecule has 0 aliphatic carbocycles. The lowest BCUT2D eigenvalue weighted by atomic mass is 10.2. The average Bonchev–Trinajstić information content (AvgIpc) is 2.55. The number of rotatable bonds is 3. The molecule has 1 heterocycles. The normalized spacial score (nSPS) is 16.9. The van der Waals surface area contributed by atoms with Gasteiger partial charge in [-0.2, -0.15) is 0 Å². The fourth-order valence-corrected chi connectivity index (χ4v) is 3.34. The Bertz CT molecular complexity index is 885. The molecular formula is C16H15FN2O4S. The summed E-state index contributed by atoms with van der Waals surface area (Å²) in [6.07, 6.45) is -0.0322. The van der Waals surface area contributed by atoms with Crippen molar-refractivity contribution in [1.82, 2.24) is 0 Å². The van der Waals surface area contributed by atoms with Gasteiger partial charge in [-0.25, -0.2) is 12.8 Å². The van der Waals surface area contributed by atoms with Gasteiger partial charge in [0.25, 0.3) is 5.91 Å². The van der Waals surface area contributed by atoms with E-state index in [0.717, 1.165) is 10.6 Å². The van der Waals surface area contributed by atoms with E-state index in [4.69, 9.17) is 4.74 Å². The number of ether oxygens (including phenoxy) is 1. The van der Waals surface area contributed by atoms with Crippen LogP contribution in [0.15, 0.2) is 48.5 Å². The Kier molecular flexibility index (Phi) is 4.15. The number of amides is 1. The minimum Gasteiger partial charge on any atom is -0.476 e. The molecular weight excluding hydrogens is 335 g/mol. The lowest BCUT2D eigenvalue weighted by Crippen LogP contribution is -2.48. The Morgan fingerprint density at radius 1 is 1.21 bits per heavy atom. The van der Waals surface area contributed by atoms with Crippen molar-refractivity contribution < 1.29 is 22.3 Å². The van der Waals surface area contributed by atoms with Gasteiger partial charge in [0, 0.05) is 0 Å². The first-order valence-corrected chi connectivity index (χ1v) is 9.00. The molecule has 0 fully saturated rings. The minimum absolute atomic E-state index is 0.0101. The molecule has 0 saturated heterocycles. The highest BCUT2D eigenvalue weighted by atomic mass is 32.2. The standard InChI is InChI=1S/C16H15FN2O4S/c1-24(21,22)19-10-15(23-14-9-5-4-8-13(14)19)16(20)18-12-7-3-2-6-11(12)17/h2-9,15H,10H2,1H3,(H,18,20)/t15-/m0/s1. The predicted octanol–water partition coefficient (Wildman–Crippen LogP) is 1.99. The summed E-state index contributed by atoms with van der Waals surface area (Å²) in [7, 11) is -3.59. The lowest BCUT2D eigenvalue weighted by molar-refractivity contribution is -0.122. The minimum atomic E-state index is -3.59. The number of carbonyl (C=O) groups is 1. The van der Waals surface area contributed by atoms with Crippen molar-refractivity contribution in [3.63, 3.8) is 0 Å². The summed E-state index contributed by atoms with van der Waals surface area (Å²) in [4.78, 5) is 12.4. The number of carbonyl (C=O) groups excluding carboxylic acids is 1. The fourth-order valence-electron chi connectivity index (χ4n) is 2.43. The number of benzene rings is 2. The molecule has 1 amide bonds. The van der Waals surface area contributed by atoms with E-state index in [1.807, 2.05) is 0 Å². The van der Waals surface area contributed by atoms with Gasteiger partial charge >= 0.3 is 0 Å². The maximum Gasteiger partial charge on any atom is 0.267 e. The maximum atomic E-state index is 13.7. The second kappa shape index (κ2) is 6.12. The predicted molar refractivity (Wildman–Crippen MR) is 88.1 cm³/mol. The van der Waals surface area contributed by atoms with Crippen molar-refractivity contribution in [3.8, 4) is 5.75 Å². The number of hydrogen-bond donors (Lipinski definition) is 1. The van der Waals surface area contributed by atoms with E-state index in [0.29, 0.717) is 5.69 Å². The van der Waals surface area contributed by atoms with Crippen LogP contribution in [-0.2, 0) is 14.8 Å². The van der Waals surface area contributed by atoms with Crippen molar-refractivity contribution >= 4 is 27.3 Å². The summed E-state index contributed by atoms with van der Waals surface area (Å²) in [5, 5.41) is 2.42. The number of hydrogen-bond acceptors (Lipinski definition) is 4. The molecule has 1 aliphatic rings. The molecule has 1 N–H and O–H groups in total. The van der Waals surface area contributed by atoms with Crippen LogP contribution in [-0.4, -0.2) is 33.2 Å². The van der Waals surface area contributed by atoms with Gasteiger partial charge in [-0.1, -0.05) is 24.3 Å². The fraction of sp³-hybridized carbons (Fsp3) is 0.188. The van der Waals surface area contributed by atoms with Gasteiger partial charge in [-0.05, 0) is 24.3 Å². The van der Waals surface area contributed by atoms with E-state index >= 15 is 0 Å². The molecule has 3 rings (SSSR count). The number of para-hydroxylation sites is 3. The summed E-state index contributed by atoms with van der Waals surface area (Å²) in [6, 6.07) is 12.3. The van der Waals surface area contributed by atoms with E-state index < -0.39 is 27.9 Å². The first-order chi connectivity index (χ1) is 11.4. The van der Waals surface area contributed by atoms with Crippen LogP contribution in [0.1, 0.15) is 0 Å². The van der Waals surface area contributed by atoms with Crippen molar-refractivity contribution in [1.29, 1.82) is 0 Å². The quantitative estimate of drug-likeness (QED) is 0.919. The number of sulfonamides is 1. The van der Waals surface area contributed by atoms with Crippen LogP contribution in [0, 0.1) is 5.82 Å². The van der Waals surface area contributed by atoms with Crippen LogP contribution >= 0.6 is 0 Å². The number of nitrogens with one attached hydrogen (secondary N) is 1. The third kappa shape index (κ3) is 3.18. The summed E-state index contributed by atoms with van der Waals surface area (Å²) in [5.41, 5.74) is 0.380. The molecule has 6 nitrogen and oxygen atoms in total. The molecule has 2 aromatic carbocycles. The zero-order valence-corrected chi connectivity index (χ0v) is 13.6. The Morgan fingerprint density at radius 2 is 1.88 bits per heavy atom. The molecule has 8 heteroatoms. The second-order valence-corrected chi connectivity index (χ2v) is 7.24. The third-order valence-electron chi connectivity index (χ3n) is 3.56. The topological polar surface area (TPSA) is 75.7 Å². The van der Waals surface area contributed by atoms with Crippen molar-refractivity contribution in [3.05, 3.63) is 54.3 Å². The zero-order valence-electron chi connectivity index (χ0n) is 12.8. The van der Waals surface area contributed by atoms with Crippen LogP contribution in [0.3, 0.4) is 0 Å². The molecule has 2 aromatic rings. The summed E-state index contributed by atoms with van der Waals surface area (Å²) in [6.45, 7) is -0.184. The highest BCUT2D eigenvalue weighted by molar-refractivity contribution is 7.92. The zero-order chi connectivity index (χ0) is 17.3. The van der Waals surface area contributed by atoms with Gasteiger partial charge < -0.3 is 10.1 Å². The van der Waals surface area contributed by atoms with Crippen molar-refractivity contribution in [2.24, 2.45) is 0 Å². The summed E-state index contributed by atoms with van der Waals surface area (Å²) in [5.74, 6) is -0.923.